The molecule has 2 saturated heterocycles. The van der Waals surface area contributed by atoms with Crippen molar-refractivity contribution >= 4 is 23.5 Å². The topological polar surface area (TPSA) is 60.5 Å². The Morgan fingerprint density at radius 3 is 2.72 bits per heavy atom. The average molecular weight is 364 g/mol. The first-order valence-corrected chi connectivity index (χ1v) is 10.4. The number of rotatable bonds is 5. The highest BCUT2D eigenvalue weighted by atomic mass is 32.2. The van der Waals surface area contributed by atoms with Gasteiger partial charge in [-0.15, -0.1) is 0 Å². The van der Waals surface area contributed by atoms with Crippen molar-refractivity contribution in [3.63, 3.8) is 0 Å². The lowest BCUT2D eigenvalue weighted by Crippen LogP contribution is -2.51. The van der Waals surface area contributed by atoms with Gasteiger partial charge in [-0.1, -0.05) is 0 Å². The second kappa shape index (κ2) is 9.29. The number of aryl methyl sites for hydroxylation is 1. The first-order chi connectivity index (χ1) is 12.2. The van der Waals surface area contributed by atoms with E-state index in [1.807, 2.05) is 24.1 Å². The molecule has 3 rings (SSSR count). The molecular weight excluding hydrogens is 334 g/mol. The zero-order valence-electron chi connectivity index (χ0n) is 15.0. The molecule has 0 saturated carbocycles. The Bertz CT molecular complexity index is 556. The zero-order valence-corrected chi connectivity index (χ0v) is 15.9. The van der Waals surface area contributed by atoms with E-state index >= 15 is 0 Å². The molecule has 2 aliphatic rings. The fraction of sp³-hybridized carbons (Fsp3) is 0.667. The average Bonchev–Trinajstić information content (AvgIpc) is 2.67. The maximum Gasteiger partial charge on any atom is 0.317 e. The molecule has 0 unspecified atom stereocenters. The lowest BCUT2D eigenvalue weighted by molar-refractivity contribution is 0.125. The number of nitrogens with zero attached hydrogens (tertiary/aromatic N) is 3. The number of carbonyl (C=O) groups is 1. The van der Waals surface area contributed by atoms with Crippen LogP contribution < -0.4 is 10.6 Å². The van der Waals surface area contributed by atoms with Gasteiger partial charge < -0.3 is 15.5 Å². The van der Waals surface area contributed by atoms with Crippen LogP contribution in [0.1, 0.15) is 18.4 Å². The van der Waals surface area contributed by atoms with Gasteiger partial charge in [0.25, 0.3) is 0 Å². The van der Waals surface area contributed by atoms with E-state index in [9.17, 15) is 4.79 Å². The van der Waals surface area contributed by atoms with Crippen molar-refractivity contribution in [1.82, 2.24) is 20.1 Å². The number of urea groups is 1. The minimum absolute atomic E-state index is 0.0703. The Balaban J connectivity index is 1.33. The molecule has 3 heterocycles. The molecule has 25 heavy (non-hydrogen) atoms. The highest BCUT2D eigenvalue weighted by Gasteiger charge is 2.27. The van der Waals surface area contributed by atoms with Crippen LogP contribution in [0.25, 0.3) is 0 Å². The Hall–Kier alpha value is -1.47. The van der Waals surface area contributed by atoms with Crippen LogP contribution in [0.2, 0.25) is 0 Å². The van der Waals surface area contributed by atoms with E-state index in [0.29, 0.717) is 12.6 Å². The molecular formula is C18H29N5OS. The summed E-state index contributed by atoms with van der Waals surface area (Å²) in [5.41, 5.74) is 2.19. The standard InChI is InChI=1S/C18H29N5OS/c1-15-14-19-5-2-17(15)20-6-7-21-18(24)23-8-3-16(4-9-23)22-10-12-25-13-11-22/h2,5,14,16H,3-4,6-13H2,1H3,(H,19,20)(H,21,24). The number of hydrogen-bond acceptors (Lipinski definition) is 5. The zero-order chi connectivity index (χ0) is 17.5. The Morgan fingerprint density at radius 1 is 1.24 bits per heavy atom. The van der Waals surface area contributed by atoms with E-state index in [4.69, 9.17) is 0 Å². The van der Waals surface area contributed by atoms with Gasteiger partial charge >= 0.3 is 6.03 Å². The lowest BCUT2D eigenvalue weighted by Gasteiger charge is -2.40. The third-order valence-electron chi connectivity index (χ3n) is 5.05. The van der Waals surface area contributed by atoms with Crippen LogP contribution in [0.4, 0.5) is 10.5 Å². The van der Waals surface area contributed by atoms with Crippen molar-refractivity contribution in [1.29, 1.82) is 0 Å². The maximum atomic E-state index is 12.3. The summed E-state index contributed by atoms with van der Waals surface area (Å²) < 4.78 is 0. The molecule has 0 aromatic carbocycles. The molecule has 6 nitrogen and oxygen atoms in total. The van der Waals surface area contributed by atoms with E-state index in [-0.39, 0.29) is 6.03 Å². The van der Waals surface area contributed by atoms with Crippen molar-refractivity contribution in [3.8, 4) is 0 Å². The number of anilines is 1. The minimum atomic E-state index is 0.0703. The number of likely N-dealkylation sites (tertiary alicyclic amines) is 1. The third kappa shape index (κ3) is 5.25. The molecule has 0 spiro atoms. The number of aromatic nitrogens is 1. The molecule has 2 N–H and O–H groups in total. The number of amides is 2. The maximum absolute atomic E-state index is 12.3. The van der Waals surface area contributed by atoms with Crippen molar-refractivity contribution in [2.75, 3.05) is 56.1 Å². The van der Waals surface area contributed by atoms with Gasteiger partial charge in [0, 0.05) is 74.9 Å². The predicted octanol–water partition coefficient (Wildman–Crippen LogP) is 2.02. The molecule has 2 aliphatic heterocycles. The summed E-state index contributed by atoms with van der Waals surface area (Å²) in [6, 6.07) is 2.70. The summed E-state index contributed by atoms with van der Waals surface area (Å²) in [6.07, 6.45) is 5.82. The van der Waals surface area contributed by atoms with Crippen LogP contribution in [-0.2, 0) is 0 Å². The number of thioether (sulfide) groups is 1. The van der Waals surface area contributed by atoms with Crippen molar-refractivity contribution in [2.45, 2.75) is 25.8 Å². The first-order valence-electron chi connectivity index (χ1n) is 9.23. The van der Waals surface area contributed by atoms with Crippen LogP contribution in [0.15, 0.2) is 18.5 Å². The van der Waals surface area contributed by atoms with Gasteiger partial charge in [-0.3, -0.25) is 9.88 Å². The van der Waals surface area contributed by atoms with E-state index in [2.05, 4.69) is 32.3 Å². The first kappa shape index (κ1) is 18.3. The fourth-order valence-corrected chi connectivity index (χ4v) is 4.46. The van der Waals surface area contributed by atoms with Crippen LogP contribution in [-0.4, -0.2) is 77.6 Å². The van der Waals surface area contributed by atoms with E-state index in [0.717, 1.165) is 43.7 Å². The summed E-state index contributed by atoms with van der Waals surface area (Å²) in [6.45, 7) is 7.54. The van der Waals surface area contributed by atoms with Crippen molar-refractivity contribution in [2.24, 2.45) is 0 Å². The van der Waals surface area contributed by atoms with Gasteiger partial charge in [0.2, 0.25) is 0 Å². The smallest absolute Gasteiger partial charge is 0.317 e. The number of carbonyl (C=O) groups excluding carboxylic acids is 1. The third-order valence-corrected chi connectivity index (χ3v) is 5.99. The van der Waals surface area contributed by atoms with E-state index < -0.39 is 0 Å². The molecule has 2 fully saturated rings. The second-order valence-corrected chi connectivity index (χ2v) is 7.94. The fourth-order valence-electron chi connectivity index (χ4n) is 3.53. The molecule has 0 radical (unpaired) electrons. The Labute approximate surface area is 154 Å². The minimum Gasteiger partial charge on any atom is -0.383 e. The molecule has 0 aliphatic carbocycles. The molecule has 7 heteroatoms. The molecule has 0 bridgehead atoms. The van der Waals surface area contributed by atoms with E-state index in [1.165, 1.54) is 24.6 Å². The predicted molar refractivity (Wildman–Crippen MR) is 104 cm³/mol. The van der Waals surface area contributed by atoms with Crippen LogP contribution in [0.5, 0.6) is 0 Å². The molecule has 2 amide bonds. The molecule has 138 valence electrons. The quantitative estimate of drug-likeness (QED) is 0.784. The molecule has 0 atom stereocenters. The van der Waals surface area contributed by atoms with Gasteiger partial charge in [-0.25, -0.2) is 4.79 Å². The SMILES string of the molecule is Cc1cnccc1NCCNC(=O)N1CCC(N2CCSCC2)CC1. The number of hydrogen-bond donors (Lipinski definition) is 2. The van der Waals surface area contributed by atoms with Crippen LogP contribution in [0, 0.1) is 6.92 Å². The monoisotopic (exact) mass is 363 g/mol. The van der Waals surface area contributed by atoms with Crippen molar-refractivity contribution < 1.29 is 4.79 Å². The van der Waals surface area contributed by atoms with Crippen LogP contribution >= 0.6 is 11.8 Å². The summed E-state index contributed by atoms with van der Waals surface area (Å²) in [5.74, 6) is 2.51. The van der Waals surface area contributed by atoms with Gasteiger partial charge in [0.15, 0.2) is 0 Å². The lowest BCUT2D eigenvalue weighted by atomic mass is 10.0. The molecule has 1 aromatic rings. The molecule has 1 aromatic heterocycles. The number of piperidine rings is 1. The second-order valence-electron chi connectivity index (χ2n) is 6.72. The normalized spacial score (nSPS) is 19.6. The van der Waals surface area contributed by atoms with Crippen molar-refractivity contribution in [3.05, 3.63) is 24.0 Å². The summed E-state index contributed by atoms with van der Waals surface area (Å²) in [7, 11) is 0. The highest BCUT2D eigenvalue weighted by Crippen LogP contribution is 2.20. The summed E-state index contributed by atoms with van der Waals surface area (Å²) >= 11 is 2.05. The Morgan fingerprint density at radius 2 is 2.00 bits per heavy atom. The van der Waals surface area contributed by atoms with Gasteiger partial charge in [-0.05, 0) is 31.4 Å². The van der Waals surface area contributed by atoms with Crippen LogP contribution in [0.3, 0.4) is 0 Å². The van der Waals surface area contributed by atoms with Gasteiger partial charge in [-0.2, -0.15) is 11.8 Å². The highest BCUT2D eigenvalue weighted by molar-refractivity contribution is 7.99. The van der Waals surface area contributed by atoms with Gasteiger partial charge in [0.1, 0.15) is 0 Å². The van der Waals surface area contributed by atoms with E-state index in [1.54, 1.807) is 6.20 Å². The number of nitrogens with one attached hydrogen (secondary N) is 2. The summed E-state index contributed by atoms with van der Waals surface area (Å²) in [5, 5.41) is 6.37. The van der Waals surface area contributed by atoms with Gasteiger partial charge in [0.05, 0.1) is 0 Å². The largest absolute Gasteiger partial charge is 0.383 e. The number of pyridine rings is 1. The summed E-state index contributed by atoms with van der Waals surface area (Å²) in [4.78, 5) is 21.0. The Kier molecular flexibility index (Phi) is 6.81.